The molecular formula is C22H21FN4O2. The molecule has 0 fully saturated rings. The number of amides is 1. The average molecular weight is 392 g/mol. The third-order valence-electron chi connectivity index (χ3n) is 4.70. The normalized spacial score (nSPS) is 12.1. The van der Waals surface area contributed by atoms with E-state index in [0.29, 0.717) is 11.4 Å². The summed E-state index contributed by atoms with van der Waals surface area (Å²) in [6.45, 7) is 1.94. The molecule has 0 bridgehead atoms. The summed E-state index contributed by atoms with van der Waals surface area (Å²) in [6, 6.07) is 13.7. The van der Waals surface area contributed by atoms with Gasteiger partial charge >= 0.3 is 0 Å². The first kappa shape index (κ1) is 18.7. The van der Waals surface area contributed by atoms with Crippen molar-refractivity contribution in [2.24, 2.45) is 0 Å². The van der Waals surface area contributed by atoms with Crippen LogP contribution in [0.3, 0.4) is 0 Å². The highest BCUT2D eigenvalue weighted by Crippen LogP contribution is 2.22. The van der Waals surface area contributed by atoms with Gasteiger partial charge in [-0.15, -0.1) is 0 Å². The second kappa shape index (κ2) is 8.18. The molecule has 3 aromatic heterocycles. The van der Waals surface area contributed by atoms with Gasteiger partial charge in [0.25, 0.3) is 5.91 Å². The molecule has 1 aromatic carbocycles. The number of furan rings is 1. The standard InChI is InChI=1S/C22H21FN4O2/c1-16(10-11-17-7-6-14-29-17)25-21(28)18-15-24-27(20-9-3-2-8-19(20)23)22(18)26-12-4-5-13-26/h2-9,12-16H,10-11H2,1H3,(H,25,28). The van der Waals surface area contributed by atoms with Crippen LogP contribution >= 0.6 is 0 Å². The third kappa shape index (κ3) is 3.99. The van der Waals surface area contributed by atoms with E-state index in [-0.39, 0.29) is 17.6 Å². The van der Waals surface area contributed by atoms with E-state index < -0.39 is 5.82 Å². The molecule has 0 aliphatic rings. The summed E-state index contributed by atoms with van der Waals surface area (Å²) in [6.07, 6.45) is 8.17. The minimum absolute atomic E-state index is 0.0677. The Morgan fingerprint density at radius 3 is 2.69 bits per heavy atom. The predicted octanol–water partition coefficient (Wildman–Crippen LogP) is 4.15. The lowest BCUT2D eigenvalue weighted by Crippen LogP contribution is -2.33. The van der Waals surface area contributed by atoms with E-state index in [1.165, 1.54) is 16.9 Å². The number of nitrogens with one attached hydrogen (secondary N) is 1. The molecule has 1 N–H and O–H groups in total. The Kier molecular flexibility index (Phi) is 5.29. The van der Waals surface area contributed by atoms with Crippen LogP contribution in [0.4, 0.5) is 4.39 Å². The fraction of sp³-hybridized carbons (Fsp3) is 0.182. The molecule has 7 heteroatoms. The number of aryl methyl sites for hydroxylation is 1. The second-order valence-electron chi connectivity index (χ2n) is 6.83. The molecule has 1 unspecified atom stereocenters. The van der Waals surface area contributed by atoms with Crippen LogP contribution < -0.4 is 5.32 Å². The Bertz CT molecular complexity index is 1080. The van der Waals surface area contributed by atoms with Crippen LogP contribution in [0.2, 0.25) is 0 Å². The van der Waals surface area contributed by atoms with Gasteiger partial charge in [-0.05, 0) is 49.7 Å². The monoisotopic (exact) mass is 392 g/mol. The van der Waals surface area contributed by atoms with Gasteiger partial charge in [-0.2, -0.15) is 5.10 Å². The molecule has 0 saturated carbocycles. The molecule has 3 heterocycles. The highest BCUT2D eigenvalue weighted by Gasteiger charge is 2.22. The molecule has 1 atom stereocenters. The number of carbonyl (C=O) groups is 1. The molecule has 0 aliphatic carbocycles. The van der Waals surface area contributed by atoms with Gasteiger partial charge in [-0.1, -0.05) is 12.1 Å². The zero-order chi connectivity index (χ0) is 20.2. The zero-order valence-corrected chi connectivity index (χ0v) is 16.0. The predicted molar refractivity (Wildman–Crippen MR) is 107 cm³/mol. The Morgan fingerprint density at radius 1 is 1.17 bits per heavy atom. The molecule has 1 amide bonds. The highest BCUT2D eigenvalue weighted by atomic mass is 19.1. The Morgan fingerprint density at radius 2 is 1.97 bits per heavy atom. The summed E-state index contributed by atoms with van der Waals surface area (Å²) in [5.41, 5.74) is 0.649. The maximum atomic E-state index is 14.4. The van der Waals surface area contributed by atoms with Gasteiger partial charge in [0.05, 0.1) is 12.5 Å². The molecule has 0 radical (unpaired) electrons. The summed E-state index contributed by atoms with van der Waals surface area (Å²) in [5.74, 6) is 0.688. The number of hydrogen-bond donors (Lipinski definition) is 1. The van der Waals surface area contributed by atoms with Gasteiger partial charge in [0.15, 0.2) is 5.82 Å². The molecule has 4 rings (SSSR count). The van der Waals surface area contributed by atoms with E-state index in [1.807, 2.05) is 31.2 Å². The van der Waals surface area contributed by atoms with Gasteiger partial charge < -0.3 is 14.3 Å². The largest absolute Gasteiger partial charge is 0.469 e. The van der Waals surface area contributed by atoms with Crippen LogP contribution in [-0.4, -0.2) is 26.3 Å². The van der Waals surface area contributed by atoms with Gasteiger partial charge in [-0.3, -0.25) is 4.79 Å². The number of aromatic nitrogens is 3. The summed E-state index contributed by atoms with van der Waals surface area (Å²) in [4.78, 5) is 13.0. The SMILES string of the molecule is CC(CCc1ccco1)NC(=O)c1cnn(-c2ccccc2F)c1-n1cccc1. The maximum Gasteiger partial charge on any atom is 0.256 e. The highest BCUT2D eigenvalue weighted by molar-refractivity contribution is 5.97. The van der Waals surface area contributed by atoms with Gasteiger partial charge in [-0.25, -0.2) is 9.07 Å². The van der Waals surface area contributed by atoms with E-state index in [1.54, 1.807) is 41.4 Å². The summed E-state index contributed by atoms with van der Waals surface area (Å²) >= 11 is 0. The smallest absolute Gasteiger partial charge is 0.256 e. The van der Waals surface area contributed by atoms with Gasteiger partial charge in [0.1, 0.15) is 22.8 Å². The second-order valence-corrected chi connectivity index (χ2v) is 6.83. The Labute approximate surface area is 167 Å². The zero-order valence-electron chi connectivity index (χ0n) is 16.0. The molecule has 0 aliphatic heterocycles. The molecule has 29 heavy (non-hydrogen) atoms. The molecule has 148 valence electrons. The van der Waals surface area contributed by atoms with Crippen LogP contribution in [-0.2, 0) is 6.42 Å². The first-order chi connectivity index (χ1) is 14.1. The fourth-order valence-electron chi connectivity index (χ4n) is 3.21. The van der Waals surface area contributed by atoms with Crippen molar-refractivity contribution >= 4 is 5.91 Å². The Balaban J connectivity index is 1.60. The van der Waals surface area contributed by atoms with Crippen molar-refractivity contribution in [2.75, 3.05) is 0 Å². The number of rotatable bonds is 7. The number of para-hydroxylation sites is 1. The van der Waals surface area contributed by atoms with Crippen LogP contribution in [0.1, 0.15) is 29.5 Å². The van der Waals surface area contributed by atoms with Crippen LogP contribution in [0.25, 0.3) is 11.5 Å². The maximum absolute atomic E-state index is 14.4. The van der Waals surface area contributed by atoms with Crippen molar-refractivity contribution in [3.05, 3.63) is 90.5 Å². The molecule has 6 nitrogen and oxygen atoms in total. The third-order valence-corrected chi connectivity index (χ3v) is 4.70. The van der Waals surface area contributed by atoms with Crippen LogP contribution in [0.5, 0.6) is 0 Å². The molecular weight excluding hydrogens is 371 g/mol. The lowest BCUT2D eigenvalue weighted by atomic mass is 10.1. The average Bonchev–Trinajstić information content (AvgIpc) is 3.47. The number of hydrogen-bond acceptors (Lipinski definition) is 3. The summed E-state index contributed by atoms with van der Waals surface area (Å²) in [5, 5.41) is 7.30. The first-order valence-electron chi connectivity index (χ1n) is 9.43. The Hall–Kier alpha value is -3.61. The minimum Gasteiger partial charge on any atom is -0.469 e. The van der Waals surface area contributed by atoms with Gasteiger partial charge in [0.2, 0.25) is 0 Å². The van der Waals surface area contributed by atoms with Crippen molar-refractivity contribution in [3.63, 3.8) is 0 Å². The van der Waals surface area contributed by atoms with Crippen LogP contribution in [0, 0.1) is 5.82 Å². The summed E-state index contributed by atoms with van der Waals surface area (Å²) in [7, 11) is 0. The molecule has 0 saturated heterocycles. The number of benzene rings is 1. The van der Waals surface area contributed by atoms with Crippen molar-refractivity contribution < 1.29 is 13.6 Å². The van der Waals surface area contributed by atoms with Crippen molar-refractivity contribution in [3.8, 4) is 11.5 Å². The summed E-state index contributed by atoms with van der Waals surface area (Å²) < 4.78 is 22.9. The number of carbonyl (C=O) groups excluding carboxylic acids is 1. The lowest BCUT2D eigenvalue weighted by Gasteiger charge is -2.15. The van der Waals surface area contributed by atoms with E-state index in [0.717, 1.165) is 18.6 Å². The number of nitrogens with zero attached hydrogens (tertiary/aromatic N) is 3. The van der Waals surface area contributed by atoms with Crippen LogP contribution in [0.15, 0.2) is 77.8 Å². The van der Waals surface area contributed by atoms with Gasteiger partial charge in [0, 0.05) is 24.9 Å². The van der Waals surface area contributed by atoms with Crippen molar-refractivity contribution in [2.45, 2.75) is 25.8 Å². The van der Waals surface area contributed by atoms with E-state index in [9.17, 15) is 9.18 Å². The first-order valence-corrected chi connectivity index (χ1v) is 9.43. The van der Waals surface area contributed by atoms with E-state index in [2.05, 4.69) is 10.4 Å². The van der Waals surface area contributed by atoms with E-state index in [4.69, 9.17) is 4.42 Å². The minimum atomic E-state index is -0.414. The topological polar surface area (TPSA) is 65.0 Å². The van der Waals surface area contributed by atoms with Crippen molar-refractivity contribution in [1.29, 1.82) is 0 Å². The van der Waals surface area contributed by atoms with Crippen molar-refractivity contribution in [1.82, 2.24) is 19.7 Å². The van der Waals surface area contributed by atoms with E-state index >= 15 is 0 Å². The lowest BCUT2D eigenvalue weighted by molar-refractivity contribution is 0.0938. The molecule has 0 spiro atoms. The fourth-order valence-corrected chi connectivity index (χ4v) is 3.21. The molecule has 4 aromatic rings. The number of halogens is 1. The quantitative estimate of drug-likeness (QED) is 0.514.